The van der Waals surface area contributed by atoms with Gasteiger partial charge in [0.05, 0.1) is 11.8 Å². The molecule has 4 rings (SSSR count). The lowest BCUT2D eigenvalue weighted by Gasteiger charge is -2.11. The Kier molecular flexibility index (Phi) is 5.97. The molecule has 1 amide bonds. The first-order valence-electron chi connectivity index (χ1n) is 10.6. The van der Waals surface area contributed by atoms with Crippen LogP contribution in [0.25, 0.3) is 10.9 Å². The molecule has 33 heavy (non-hydrogen) atoms. The standard InChI is InChI=1S/C27H24N4O2/c1-17-11-20(12-18(2)19(17)3)16-31-10-9-24-22(5-4-6-25(24)31)15-29-30-27(33)21-7-8-26(32)23(13-21)14-28/h4-13,15,32H,16H2,1-3H3,(H,30,33)/b29-15+. The molecule has 0 atom stereocenters. The molecule has 0 saturated heterocycles. The number of hydrazone groups is 1. The molecule has 0 aliphatic heterocycles. The number of hydrogen-bond acceptors (Lipinski definition) is 4. The molecule has 0 saturated carbocycles. The van der Waals surface area contributed by atoms with E-state index < -0.39 is 5.91 Å². The van der Waals surface area contributed by atoms with Crippen molar-refractivity contribution in [1.29, 1.82) is 5.26 Å². The van der Waals surface area contributed by atoms with Gasteiger partial charge in [-0.15, -0.1) is 0 Å². The minimum absolute atomic E-state index is 0.0386. The summed E-state index contributed by atoms with van der Waals surface area (Å²) in [6, 6.07) is 18.4. The van der Waals surface area contributed by atoms with Crippen molar-refractivity contribution in [2.75, 3.05) is 0 Å². The van der Waals surface area contributed by atoms with Gasteiger partial charge >= 0.3 is 0 Å². The average Bonchev–Trinajstić information content (AvgIpc) is 3.21. The molecule has 3 aromatic carbocycles. The molecule has 2 N–H and O–H groups in total. The quantitative estimate of drug-likeness (QED) is 0.342. The summed E-state index contributed by atoms with van der Waals surface area (Å²) in [5.41, 5.74) is 9.89. The molecule has 0 spiro atoms. The van der Waals surface area contributed by atoms with Gasteiger partial charge in [0.25, 0.3) is 5.91 Å². The number of carbonyl (C=O) groups excluding carboxylic acids is 1. The minimum atomic E-state index is -0.461. The second kappa shape index (κ2) is 9.01. The fraction of sp³-hybridized carbons (Fsp3) is 0.148. The lowest BCUT2D eigenvalue weighted by atomic mass is 10.0. The number of aryl methyl sites for hydroxylation is 2. The van der Waals surface area contributed by atoms with Crippen LogP contribution in [-0.4, -0.2) is 21.8 Å². The van der Waals surface area contributed by atoms with Gasteiger partial charge in [0.1, 0.15) is 11.8 Å². The first-order valence-corrected chi connectivity index (χ1v) is 10.6. The first-order chi connectivity index (χ1) is 15.9. The maximum absolute atomic E-state index is 12.3. The molecule has 0 fully saturated rings. The van der Waals surface area contributed by atoms with Crippen LogP contribution in [0.2, 0.25) is 0 Å². The number of aromatic nitrogens is 1. The third-order valence-corrected chi connectivity index (χ3v) is 5.94. The zero-order valence-corrected chi connectivity index (χ0v) is 18.8. The van der Waals surface area contributed by atoms with Crippen molar-refractivity contribution in [3.8, 4) is 11.8 Å². The van der Waals surface area contributed by atoms with E-state index in [0.29, 0.717) is 0 Å². The van der Waals surface area contributed by atoms with E-state index in [0.717, 1.165) is 23.0 Å². The van der Waals surface area contributed by atoms with E-state index in [2.05, 4.69) is 60.3 Å². The van der Waals surface area contributed by atoms with Crippen LogP contribution in [0, 0.1) is 32.1 Å². The zero-order chi connectivity index (χ0) is 23.5. The van der Waals surface area contributed by atoms with Gasteiger partial charge in [0, 0.05) is 34.8 Å². The number of phenolic OH excluding ortho intramolecular Hbond substituents is 1. The minimum Gasteiger partial charge on any atom is -0.507 e. The molecule has 1 heterocycles. The number of nitrogens with zero attached hydrogens (tertiary/aromatic N) is 3. The molecule has 1 aromatic heterocycles. The third-order valence-electron chi connectivity index (χ3n) is 5.94. The number of amides is 1. The van der Waals surface area contributed by atoms with Crippen LogP contribution in [0.5, 0.6) is 5.75 Å². The highest BCUT2D eigenvalue weighted by molar-refractivity contribution is 6.00. The Labute approximate surface area is 192 Å². The van der Waals surface area contributed by atoms with Crippen molar-refractivity contribution in [1.82, 2.24) is 9.99 Å². The van der Waals surface area contributed by atoms with Gasteiger partial charge in [-0.05, 0) is 73.4 Å². The van der Waals surface area contributed by atoms with Crippen LogP contribution in [0.1, 0.15) is 43.7 Å². The van der Waals surface area contributed by atoms with E-state index in [9.17, 15) is 9.90 Å². The Morgan fingerprint density at radius 2 is 1.88 bits per heavy atom. The molecule has 6 nitrogen and oxygen atoms in total. The van der Waals surface area contributed by atoms with Gasteiger partial charge in [-0.25, -0.2) is 5.43 Å². The van der Waals surface area contributed by atoms with Gasteiger partial charge in [0.2, 0.25) is 0 Å². The van der Waals surface area contributed by atoms with Crippen molar-refractivity contribution < 1.29 is 9.90 Å². The number of rotatable bonds is 5. The largest absolute Gasteiger partial charge is 0.507 e. The number of benzene rings is 3. The molecule has 6 heteroatoms. The summed E-state index contributed by atoms with van der Waals surface area (Å²) in [5, 5.41) is 23.7. The van der Waals surface area contributed by atoms with Crippen molar-refractivity contribution in [2.24, 2.45) is 5.10 Å². The number of carbonyl (C=O) groups is 1. The summed E-state index contributed by atoms with van der Waals surface area (Å²) >= 11 is 0. The normalized spacial score (nSPS) is 11.1. The smallest absolute Gasteiger partial charge is 0.271 e. The van der Waals surface area contributed by atoms with E-state index in [1.165, 1.54) is 40.5 Å². The van der Waals surface area contributed by atoms with Crippen molar-refractivity contribution in [3.63, 3.8) is 0 Å². The molecule has 164 valence electrons. The molecule has 0 unspecified atom stereocenters. The molecule has 0 aliphatic rings. The highest BCUT2D eigenvalue weighted by Gasteiger charge is 2.09. The van der Waals surface area contributed by atoms with E-state index in [-0.39, 0.29) is 16.9 Å². The number of nitrogens with one attached hydrogen (secondary N) is 1. The average molecular weight is 437 g/mol. The number of fused-ring (bicyclic) bond motifs is 1. The number of phenols is 1. The number of nitriles is 1. The lowest BCUT2D eigenvalue weighted by Crippen LogP contribution is -2.17. The lowest BCUT2D eigenvalue weighted by molar-refractivity contribution is 0.0955. The summed E-state index contributed by atoms with van der Waals surface area (Å²) in [6.07, 6.45) is 3.67. The Morgan fingerprint density at radius 1 is 1.12 bits per heavy atom. The molecule has 0 radical (unpaired) electrons. The summed E-state index contributed by atoms with van der Waals surface area (Å²) in [6.45, 7) is 7.20. The number of aromatic hydroxyl groups is 1. The molecular weight excluding hydrogens is 412 g/mol. The van der Waals surface area contributed by atoms with Crippen molar-refractivity contribution in [3.05, 3.63) is 99.7 Å². The van der Waals surface area contributed by atoms with Crippen LogP contribution in [0.15, 0.2) is 65.9 Å². The van der Waals surface area contributed by atoms with Crippen molar-refractivity contribution >= 4 is 23.0 Å². The summed E-state index contributed by atoms with van der Waals surface area (Å²) in [4.78, 5) is 12.3. The van der Waals surface area contributed by atoms with E-state index in [1.807, 2.05) is 24.3 Å². The van der Waals surface area contributed by atoms with Gasteiger partial charge in [-0.1, -0.05) is 24.3 Å². The summed E-state index contributed by atoms with van der Waals surface area (Å²) < 4.78 is 2.20. The molecule has 0 bridgehead atoms. The molecule has 4 aromatic rings. The van der Waals surface area contributed by atoms with E-state index in [1.54, 1.807) is 6.21 Å². The molecular formula is C27H24N4O2. The Balaban J connectivity index is 1.54. The predicted octanol–water partition coefficient (Wildman–Crippen LogP) is 4.96. The Hall–Kier alpha value is -4.37. The number of hydrogen-bond donors (Lipinski definition) is 2. The Morgan fingerprint density at radius 3 is 2.61 bits per heavy atom. The van der Waals surface area contributed by atoms with Crippen LogP contribution < -0.4 is 5.43 Å². The fourth-order valence-corrected chi connectivity index (χ4v) is 3.90. The van der Waals surface area contributed by atoms with Crippen LogP contribution >= 0.6 is 0 Å². The van der Waals surface area contributed by atoms with E-state index >= 15 is 0 Å². The van der Waals surface area contributed by atoms with Crippen molar-refractivity contribution in [2.45, 2.75) is 27.3 Å². The summed E-state index contributed by atoms with van der Waals surface area (Å²) in [7, 11) is 0. The van der Waals surface area contributed by atoms with Gasteiger partial charge in [0.15, 0.2) is 0 Å². The second-order valence-corrected chi connectivity index (χ2v) is 8.12. The van der Waals surface area contributed by atoms with Crippen LogP contribution in [0.3, 0.4) is 0 Å². The fourth-order valence-electron chi connectivity index (χ4n) is 3.90. The maximum atomic E-state index is 12.3. The maximum Gasteiger partial charge on any atom is 0.271 e. The Bertz CT molecular complexity index is 1420. The van der Waals surface area contributed by atoms with Crippen LogP contribution in [0.4, 0.5) is 0 Å². The predicted molar refractivity (Wildman–Crippen MR) is 130 cm³/mol. The summed E-state index contributed by atoms with van der Waals surface area (Å²) in [5.74, 6) is -0.623. The highest BCUT2D eigenvalue weighted by Crippen LogP contribution is 2.22. The van der Waals surface area contributed by atoms with Gasteiger partial charge in [-0.3, -0.25) is 4.79 Å². The van der Waals surface area contributed by atoms with Crippen LogP contribution in [-0.2, 0) is 6.54 Å². The topological polar surface area (TPSA) is 90.4 Å². The molecule has 0 aliphatic carbocycles. The highest BCUT2D eigenvalue weighted by atomic mass is 16.3. The van der Waals surface area contributed by atoms with Gasteiger partial charge in [-0.2, -0.15) is 10.4 Å². The SMILES string of the molecule is Cc1cc(Cn2ccc3c(/C=N/NC(=O)c4ccc(O)c(C#N)c4)cccc32)cc(C)c1C. The third kappa shape index (κ3) is 4.48. The van der Waals surface area contributed by atoms with E-state index in [4.69, 9.17) is 5.26 Å². The monoisotopic (exact) mass is 436 g/mol. The first kappa shape index (κ1) is 21.8. The zero-order valence-electron chi connectivity index (χ0n) is 18.8. The second-order valence-electron chi connectivity index (χ2n) is 8.12. The van der Waals surface area contributed by atoms with Gasteiger partial charge < -0.3 is 9.67 Å².